The number of nitrogens with two attached hydrogens (primary N) is 2. The van der Waals surface area contributed by atoms with E-state index in [9.17, 15) is 0 Å². The van der Waals surface area contributed by atoms with Crippen molar-refractivity contribution in [3.63, 3.8) is 0 Å². The van der Waals surface area contributed by atoms with Crippen LogP contribution in [0.2, 0.25) is 0 Å². The quantitative estimate of drug-likeness (QED) is 0.392. The van der Waals surface area contributed by atoms with Crippen LogP contribution in [0.1, 0.15) is 13.8 Å². The van der Waals surface area contributed by atoms with Gasteiger partial charge in [0, 0.05) is 6.04 Å². The van der Waals surface area contributed by atoms with Crippen molar-refractivity contribution in [2.75, 3.05) is 16.5 Å². The number of aromatic nitrogens is 2. The summed E-state index contributed by atoms with van der Waals surface area (Å²) < 4.78 is 0. The molecule has 0 atom stereocenters. The molecule has 0 aromatic carbocycles. The fourth-order valence-corrected chi connectivity index (χ4v) is 0.899. The van der Waals surface area contributed by atoms with Crippen molar-refractivity contribution in [2.24, 2.45) is 5.84 Å². The van der Waals surface area contributed by atoms with Crippen LogP contribution < -0.4 is 22.3 Å². The first kappa shape index (κ1) is 9.53. The number of hydrogen-bond acceptors (Lipinski definition) is 6. The summed E-state index contributed by atoms with van der Waals surface area (Å²) in [6.07, 6.45) is 1.40. The minimum absolute atomic E-state index is 0.267. The Labute approximate surface area is 76.7 Å². The SMILES string of the molecule is CC(C)Nc1ncnc(NN)c1N. The molecule has 0 aliphatic carbocycles. The summed E-state index contributed by atoms with van der Waals surface area (Å²) in [7, 11) is 0. The zero-order valence-corrected chi connectivity index (χ0v) is 7.70. The summed E-state index contributed by atoms with van der Waals surface area (Å²) in [5.74, 6) is 6.23. The second kappa shape index (κ2) is 3.90. The molecule has 0 amide bonds. The lowest BCUT2D eigenvalue weighted by molar-refractivity contribution is 0.887. The topological polar surface area (TPSA) is 102 Å². The number of hydrogen-bond donors (Lipinski definition) is 4. The Morgan fingerprint density at radius 1 is 1.31 bits per heavy atom. The molecule has 6 nitrogen and oxygen atoms in total. The van der Waals surface area contributed by atoms with E-state index in [0.717, 1.165) is 0 Å². The molecule has 0 saturated heterocycles. The van der Waals surface area contributed by atoms with E-state index in [1.54, 1.807) is 0 Å². The van der Waals surface area contributed by atoms with Gasteiger partial charge in [-0.25, -0.2) is 15.8 Å². The first-order chi connectivity index (χ1) is 6.15. The van der Waals surface area contributed by atoms with E-state index in [4.69, 9.17) is 11.6 Å². The second-order valence-corrected chi connectivity index (χ2v) is 2.93. The fourth-order valence-electron chi connectivity index (χ4n) is 0.899. The van der Waals surface area contributed by atoms with Crippen molar-refractivity contribution < 1.29 is 0 Å². The van der Waals surface area contributed by atoms with Gasteiger partial charge in [0.25, 0.3) is 0 Å². The van der Waals surface area contributed by atoms with E-state index >= 15 is 0 Å². The maximum atomic E-state index is 5.71. The van der Waals surface area contributed by atoms with Crippen LogP contribution in [0.25, 0.3) is 0 Å². The summed E-state index contributed by atoms with van der Waals surface area (Å²) >= 11 is 0. The Hall–Kier alpha value is -1.56. The van der Waals surface area contributed by atoms with Crippen molar-refractivity contribution in [1.29, 1.82) is 0 Å². The van der Waals surface area contributed by atoms with Gasteiger partial charge >= 0.3 is 0 Å². The van der Waals surface area contributed by atoms with E-state index in [1.807, 2.05) is 13.8 Å². The first-order valence-electron chi connectivity index (χ1n) is 3.98. The van der Waals surface area contributed by atoms with Crippen LogP contribution in [0.4, 0.5) is 17.3 Å². The molecule has 0 fully saturated rings. The van der Waals surface area contributed by atoms with Crippen LogP contribution in [0.3, 0.4) is 0 Å². The second-order valence-electron chi connectivity index (χ2n) is 2.93. The summed E-state index contributed by atoms with van der Waals surface area (Å²) in [5.41, 5.74) is 8.53. The number of nitrogens with one attached hydrogen (secondary N) is 2. The summed E-state index contributed by atoms with van der Waals surface area (Å²) in [4.78, 5) is 7.84. The predicted molar refractivity (Wildman–Crippen MR) is 53.0 cm³/mol. The van der Waals surface area contributed by atoms with Crippen molar-refractivity contribution in [2.45, 2.75) is 19.9 Å². The fraction of sp³-hybridized carbons (Fsp3) is 0.429. The van der Waals surface area contributed by atoms with Crippen molar-refractivity contribution in [1.82, 2.24) is 9.97 Å². The van der Waals surface area contributed by atoms with Crippen LogP contribution in [-0.2, 0) is 0 Å². The molecule has 0 aliphatic heterocycles. The van der Waals surface area contributed by atoms with Crippen LogP contribution in [0.5, 0.6) is 0 Å². The van der Waals surface area contributed by atoms with E-state index in [-0.39, 0.29) is 6.04 Å². The standard InChI is InChI=1S/C7H14N6/c1-4(2)12-6-5(8)7(13-9)11-3-10-6/h3-4H,8-9H2,1-2H3,(H2,10,11,12,13). The molecule has 13 heavy (non-hydrogen) atoms. The molecule has 0 unspecified atom stereocenters. The van der Waals surface area contributed by atoms with Gasteiger partial charge in [-0.2, -0.15) is 0 Å². The average molecular weight is 182 g/mol. The Bertz CT molecular complexity index is 284. The predicted octanol–water partition coefficient (Wildman–Crippen LogP) is 0.165. The lowest BCUT2D eigenvalue weighted by Gasteiger charge is -2.12. The maximum Gasteiger partial charge on any atom is 0.168 e. The summed E-state index contributed by atoms with van der Waals surface area (Å²) in [5, 5.41) is 3.08. The van der Waals surface area contributed by atoms with Gasteiger partial charge < -0.3 is 16.5 Å². The number of hydrazine groups is 1. The van der Waals surface area contributed by atoms with Crippen LogP contribution in [0.15, 0.2) is 6.33 Å². The van der Waals surface area contributed by atoms with Gasteiger partial charge in [-0.05, 0) is 13.8 Å². The summed E-state index contributed by atoms with van der Waals surface area (Å²) in [6.45, 7) is 3.99. The van der Waals surface area contributed by atoms with E-state index in [2.05, 4.69) is 20.7 Å². The third kappa shape index (κ3) is 2.19. The lowest BCUT2D eigenvalue weighted by atomic mass is 10.3. The van der Waals surface area contributed by atoms with Crippen LogP contribution in [-0.4, -0.2) is 16.0 Å². The highest BCUT2D eigenvalue weighted by Crippen LogP contribution is 2.21. The van der Waals surface area contributed by atoms with Crippen molar-refractivity contribution >= 4 is 17.3 Å². The van der Waals surface area contributed by atoms with Crippen molar-refractivity contribution in [3.05, 3.63) is 6.33 Å². The monoisotopic (exact) mass is 182 g/mol. The highest BCUT2D eigenvalue weighted by Gasteiger charge is 2.06. The van der Waals surface area contributed by atoms with Gasteiger partial charge in [0.1, 0.15) is 12.0 Å². The molecule has 72 valence electrons. The van der Waals surface area contributed by atoms with E-state index < -0.39 is 0 Å². The third-order valence-corrected chi connectivity index (χ3v) is 1.45. The van der Waals surface area contributed by atoms with E-state index in [0.29, 0.717) is 17.3 Å². The van der Waals surface area contributed by atoms with Gasteiger partial charge in [-0.1, -0.05) is 0 Å². The molecule has 6 heteroatoms. The number of rotatable bonds is 3. The van der Waals surface area contributed by atoms with Gasteiger partial charge in [0.2, 0.25) is 0 Å². The molecule has 0 bridgehead atoms. The molecular weight excluding hydrogens is 168 g/mol. The Balaban J connectivity index is 2.94. The molecule has 1 rings (SSSR count). The number of nitrogens with zero attached hydrogens (tertiary/aromatic N) is 2. The minimum Gasteiger partial charge on any atom is -0.393 e. The highest BCUT2D eigenvalue weighted by molar-refractivity contribution is 5.73. The third-order valence-electron chi connectivity index (χ3n) is 1.45. The Morgan fingerprint density at radius 2 is 1.92 bits per heavy atom. The molecule has 1 aromatic rings. The van der Waals surface area contributed by atoms with Gasteiger partial charge in [-0.15, -0.1) is 0 Å². The zero-order valence-electron chi connectivity index (χ0n) is 7.70. The molecule has 6 N–H and O–H groups in total. The number of anilines is 3. The maximum absolute atomic E-state index is 5.71. The van der Waals surface area contributed by atoms with Crippen molar-refractivity contribution in [3.8, 4) is 0 Å². The highest BCUT2D eigenvalue weighted by atomic mass is 15.3. The molecule has 0 radical (unpaired) electrons. The molecule has 1 heterocycles. The van der Waals surface area contributed by atoms with Crippen LogP contribution in [0, 0.1) is 0 Å². The molecule has 0 spiro atoms. The minimum atomic E-state index is 0.267. The molecule has 0 aliphatic rings. The molecule has 1 aromatic heterocycles. The normalized spacial score (nSPS) is 10.2. The first-order valence-corrected chi connectivity index (χ1v) is 3.98. The smallest absolute Gasteiger partial charge is 0.168 e. The molecular formula is C7H14N6. The number of nitrogen functional groups attached to an aromatic ring is 2. The van der Waals surface area contributed by atoms with Gasteiger partial charge in [-0.3, -0.25) is 0 Å². The largest absolute Gasteiger partial charge is 0.393 e. The lowest BCUT2D eigenvalue weighted by Crippen LogP contribution is -2.16. The van der Waals surface area contributed by atoms with Gasteiger partial charge in [0.05, 0.1) is 0 Å². The Morgan fingerprint density at radius 3 is 2.46 bits per heavy atom. The van der Waals surface area contributed by atoms with Crippen LogP contribution >= 0.6 is 0 Å². The average Bonchev–Trinajstić information content (AvgIpc) is 2.08. The zero-order chi connectivity index (χ0) is 9.84. The van der Waals surface area contributed by atoms with E-state index in [1.165, 1.54) is 6.33 Å². The summed E-state index contributed by atoms with van der Waals surface area (Å²) in [6, 6.07) is 0.267. The molecule has 0 saturated carbocycles. The van der Waals surface area contributed by atoms with Gasteiger partial charge in [0.15, 0.2) is 11.6 Å². The Kier molecular flexibility index (Phi) is 2.86.